The molecule has 0 atom stereocenters. The summed E-state index contributed by atoms with van der Waals surface area (Å²) in [7, 11) is 0. The monoisotopic (exact) mass is 274 g/mol. The van der Waals surface area contributed by atoms with Gasteiger partial charge in [0, 0.05) is 30.8 Å². The van der Waals surface area contributed by atoms with Gasteiger partial charge in [-0.2, -0.15) is 5.10 Å². The van der Waals surface area contributed by atoms with Crippen molar-refractivity contribution < 1.29 is 9.53 Å². The van der Waals surface area contributed by atoms with E-state index in [1.807, 2.05) is 6.07 Å². The summed E-state index contributed by atoms with van der Waals surface area (Å²) in [5, 5.41) is 10.6. The standard InChI is InChI=1S/C14H18N4O2/c15-10-1-2-12-11(7-10)13(18-17-12)14(19)16-8-9-3-5-20-6-4-9/h1-2,7,9H,3-6,8,15H2,(H,16,19)(H,17,18). The Morgan fingerprint density at radius 2 is 2.25 bits per heavy atom. The minimum atomic E-state index is -0.159. The highest BCUT2D eigenvalue weighted by Crippen LogP contribution is 2.19. The normalized spacial score (nSPS) is 16.4. The van der Waals surface area contributed by atoms with Crippen LogP contribution in [0.25, 0.3) is 10.9 Å². The van der Waals surface area contributed by atoms with E-state index in [0.29, 0.717) is 23.8 Å². The maximum absolute atomic E-state index is 12.2. The zero-order valence-corrected chi connectivity index (χ0v) is 11.2. The van der Waals surface area contributed by atoms with Crippen molar-refractivity contribution in [1.29, 1.82) is 0 Å². The van der Waals surface area contributed by atoms with E-state index < -0.39 is 0 Å². The van der Waals surface area contributed by atoms with Crippen LogP contribution in [0.2, 0.25) is 0 Å². The Balaban J connectivity index is 1.70. The number of hydrogen-bond donors (Lipinski definition) is 3. The molecular weight excluding hydrogens is 256 g/mol. The number of carbonyl (C=O) groups excluding carboxylic acids is 1. The number of rotatable bonds is 3. The smallest absolute Gasteiger partial charge is 0.272 e. The summed E-state index contributed by atoms with van der Waals surface area (Å²) in [5.41, 5.74) is 7.60. The van der Waals surface area contributed by atoms with Crippen LogP contribution in [0.15, 0.2) is 18.2 Å². The molecule has 0 aliphatic carbocycles. The number of nitrogen functional groups attached to an aromatic ring is 1. The molecule has 1 amide bonds. The van der Waals surface area contributed by atoms with Crippen molar-refractivity contribution in [3.8, 4) is 0 Å². The van der Waals surface area contributed by atoms with Gasteiger partial charge in [0.25, 0.3) is 5.91 Å². The van der Waals surface area contributed by atoms with Crippen molar-refractivity contribution in [3.63, 3.8) is 0 Å². The molecule has 1 aliphatic rings. The molecule has 6 nitrogen and oxygen atoms in total. The SMILES string of the molecule is Nc1ccc2[nH]nc(C(=O)NCC3CCOCC3)c2c1. The predicted molar refractivity (Wildman–Crippen MR) is 76.4 cm³/mol. The highest BCUT2D eigenvalue weighted by molar-refractivity contribution is 6.05. The number of nitrogens with one attached hydrogen (secondary N) is 2. The van der Waals surface area contributed by atoms with Gasteiger partial charge in [0.2, 0.25) is 0 Å². The van der Waals surface area contributed by atoms with Crippen molar-refractivity contribution in [2.24, 2.45) is 5.92 Å². The van der Waals surface area contributed by atoms with Crippen molar-refractivity contribution in [3.05, 3.63) is 23.9 Å². The molecule has 2 heterocycles. The average molecular weight is 274 g/mol. The lowest BCUT2D eigenvalue weighted by Crippen LogP contribution is -2.32. The molecule has 4 N–H and O–H groups in total. The molecule has 6 heteroatoms. The molecule has 1 aliphatic heterocycles. The lowest BCUT2D eigenvalue weighted by atomic mass is 10.0. The highest BCUT2D eigenvalue weighted by atomic mass is 16.5. The van der Waals surface area contributed by atoms with Gasteiger partial charge >= 0.3 is 0 Å². The molecule has 20 heavy (non-hydrogen) atoms. The molecule has 0 saturated carbocycles. The molecule has 0 bridgehead atoms. The molecule has 3 rings (SSSR count). The average Bonchev–Trinajstić information content (AvgIpc) is 2.89. The number of fused-ring (bicyclic) bond motifs is 1. The van der Waals surface area contributed by atoms with Crippen LogP contribution in [0.3, 0.4) is 0 Å². The Hall–Kier alpha value is -2.08. The third-order valence-electron chi connectivity index (χ3n) is 3.69. The third kappa shape index (κ3) is 2.60. The second-order valence-electron chi connectivity index (χ2n) is 5.14. The van der Waals surface area contributed by atoms with Crippen LogP contribution in [0.4, 0.5) is 5.69 Å². The summed E-state index contributed by atoms with van der Waals surface area (Å²) >= 11 is 0. The first-order valence-corrected chi connectivity index (χ1v) is 6.83. The van der Waals surface area contributed by atoms with Gasteiger partial charge in [0.15, 0.2) is 5.69 Å². The third-order valence-corrected chi connectivity index (χ3v) is 3.69. The fraction of sp³-hybridized carbons (Fsp3) is 0.429. The van der Waals surface area contributed by atoms with E-state index in [9.17, 15) is 4.79 Å². The number of H-pyrrole nitrogens is 1. The molecule has 1 aromatic heterocycles. The summed E-state index contributed by atoms with van der Waals surface area (Å²) in [5.74, 6) is 0.330. The van der Waals surface area contributed by atoms with Crippen molar-refractivity contribution in [1.82, 2.24) is 15.5 Å². The number of ether oxygens (including phenoxy) is 1. The summed E-state index contributed by atoms with van der Waals surface area (Å²) in [6.07, 6.45) is 1.99. The summed E-state index contributed by atoms with van der Waals surface area (Å²) in [4.78, 5) is 12.2. The quantitative estimate of drug-likeness (QED) is 0.735. The number of nitrogens with zero attached hydrogens (tertiary/aromatic N) is 1. The van der Waals surface area contributed by atoms with E-state index in [1.54, 1.807) is 12.1 Å². The van der Waals surface area contributed by atoms with Gasteiger partial charge in [-0.3, -0.25) is 9.89 Å². The van der Waals surface area contributed by atoms with Gasteiger partial charge in [-0.25, -0.2) is 0 Å². The van der Waals surface area contributed by atoms with E-state index in [0.717, 1.165) is 37.0 Å². The summed E-state index contributed by atoms with van der Waals surface area (Å²) in [6.45, 7) is 2.23. The van der Waals surface area contributed by atoms with E-state index in [4.69, 9.17) is 10.5 Å². The number of aromatic amines is 1. The first-order valence-electron chi connectivity index (χ1n) is 6.83. The van der Waals surface area contributed by atoms with Crippen LogP contribution in [0, 0.1) is 5.92 Å². The molecule has 106 valence electrons. The highest BCUT2D eigenvalue weighted by Gasteiger charge is 2.18. The molecule has 0 spiro atoms. The Bertz CT molecular complexity index is 617. The Morgan fingerprint density at radius 3 is 3.05 bits per heavy atom. The zero-order valence-electron chi connectivity index (χ0n) is 11.2. The second kappa shape index (κ2) is 5.50. The van der Waals surface area contributed by atoms with Gasteiger partial charge in [0.05, 0.1) is 5.52 Å². The summed E-state index contributed by atoms with van der Waals surface area (Å²) < 4.78 is 5.31. The lowest BCUT2D eigenvalue weighted by molar-refractivity contribution is 0.0642. The molecule has 0 radical (unpaired) electrons. The Morgan fingerprint density at radius 1 is 1.45 bits per heavy atom. The predicted octanol–water partition coefficient (Wildman–Crippen LogP) is 1.30. The minimum absolute atomic E-state index is 0.159. The molecule has 2 aromatic rings. The molecular formula is C14H18N4O2. The molecule has 1 aromatic carbocycles. The number of aromatic nitrogens is 2. The van der Waals surface area contributed by atoms with E-state index in [-0.39, 0.29) is 5.91 Å². The van der Waals surface area contributed by atoms with Crippen molar-refractivity contribution in [2.75, 3.05) is 25.5 Å². The minimum Gasteiger partial charge on any atom is -0.399 e. The van der Waals surface area contributed by atoms with Gasteiger partial charge in [-0.05, 0) is 37.0 Å². The fourth-order valence-corrected chi connectivity index (χ4v) is 2.48. The molecule has 1 fully saturated rings. The number of carbonyl (C=O) groups is 1. The van der Waals surface area contributed by atoms with Crippen LogP contribution in [0.1, 0.15) is 23.3 Å². The lowest BCUT2D eigenvalue weighted by Gasteiger charge is -2.21. The maximum atomic E-state index is 12.2. The maximum Gasteiger partial charge on any atom is 0.272 e. The van der Waals surface area contributed by atoms with Crippen LogP contribution in [-0.4, -0.2) is 35.9 Å². The molecule has 1 saturated heterocycles. The van der Waals surface area contributed by atoms with E-state index in [1.165, 1.54) is 0 Å². The van der Waals surface area contributed by atoms with E-state index >= 15 is 0 Å². The Kier molecular flexibility index (Phi) is 3.56. The number of benzene rings is 1. The van der Waals surface area contributed by atoms with Gasteiger partial charge in [-0.1, -0.05) is 0 Å². The largest absolute Gasteiger partial charge is 0.399 e. The van der Waals surface area contributed by atoms with Gasteiger partial charge in [-0.15, -0.1) is 0 Å². The van der Waals surface area contributed by atoms with Crippen LogP contribution in [-0.2, 0) is 4.74 Å². The number of hydrogen-bond acceptors (Lipinski definition) is 4. The van der Waals surface area contributed by atoms with Crippen LogP contribution in [0.5, 0.6) is 0 Å². The number of amides is 1. The fourth-order valence-electron chi connectivity index (χ4n) is 2.48. The summed E-state index contributed by atoms with van der Waals surface area (Å²) in [6, 6.07) is 5.37. The second-order valence-corrected chi connectivity index (χ2v) is 5.14. The van der Waals surface area contributed by atoms with E-state index in [2.05, 4.69) is 15.5 Å². The zero-order chi connectivity index (χ0) is 13.9. The van der Waals surface area contributed by atoms with Gasteiger partial charge in [0.1, 0.15) is 0 Å². The topological polar surface area (TPSA) is 93.0 Å². The first kappa shape index (κ1) is 12.9. The van der Waals surface area contributed by atoms with Crippen LogP contribution >= 0.6 is 0 Å². The van der Waals surface area contributed by atoms with Gasteiger partial charge < -0.3 is 15.8 Å². The van der Waals surface area contributed by atoms with Crippen molar-refractivity contribution in [2.45, 2.75) is 12.8 Å². The number of anilines is 1. The van der Waals surface area contributed by atoms with Crippen molar-refractivity contribution >= 4 is 22.5 Å². The number of nitrogens with two attached hydrogens (primary N) is 1. The Labute approximate surface area is 116 Å². The first-order chi connectivity index (χ1) is 9.74. The molecule has 0 unspecified atom stereocenters. The van der Waals surface area contributed by atoms with Crippen LogP contribution < -0.4 is 11.1 Å².